The number of hydrogen-bond donors (Lipinski definition) is 1. The molecule has 2 atom stereocenters. The molecule has 3 heteroatoms. The van der Waals surface area contributed by atoms with Crippen LogP contribution in [0.25, 0.3) is 0 Å². The Hall–Kier alpha value is -0.930. The van der Waals surface area contributed by atoms with Crippen molar-refractivity contribution in [3.63, 3.8) is 0 Å². The van der Waals surface area contributed by atoms with E-state index >= 15 is 0 Å². The number of rotatable bonds is 7. The molecule has 0 aliphatic rings. The van der Waals surface area contributed by atoms with E-state index < -0.39 is 0 Å². The fraction of sp³-hybridized carbons (Fsp3) is 0.643. The molecule has 0 bridgehead atoms. The van der Waals surface area contributed by atoms with Gasteiger partial charge in [0.05, 0.1) is 0 Å². The van der Waals surface area contributed by atoms with Crippen molar-refractivity contribution in [3.8, 4) is 0 Å². The monoisotopic (exact) mass is 235 g/mol. The molecule has 1 aromatic rings. The van der Waals surface area contributed by atoms with Crippen molar-refractivity contribution in [1.29, 1.82) is 0 Å². The number of pyridine rings is 1. The van der Waals surface area contributed by atoms with Crippen LogP contribution in [0.2, 0.25) is 0 Å². The molecular weight excluding hydrogens is 210 g/mol. The van der Waals surface area contributed by atoms with Gasteiger partial charge in [-0.2, -0.15) is 0 Å². The molecule has 0 aliphatic carbocycles. The Bertz CT molecular complexity index is 296. The van der Waals surface area contributed by atoms with E-state index in [9.17, 15) is 0 Å². The summed E-state index contributed by atoms with van der Waals surface area (Å²) in [5, 5.41) is 3.61. The van der Waals surface area contributed by atoms with Crippen LogP contribution in [-0.2, 0) is 0 Å². The smallest absolute Gasteiger partial charge is 0.0315 e. The molecule has 0 radical (unpaired) electrons. The van der Waals surface area contributed by atoms with E-state index in [2.05, 4.69) is 49.0 Å². The predicted molar refractivity (Wildman–Crippen MR) is 73.0 cm³/mol. The van der Waals surface area contributed by atoms with Gasteiger partial charge in [-0.05, 0) is 38.6 Å². The lowest BCUT2D eigenvalue weighted by molar-refractivity contribution is 0.264. The minimum absolute atomic E-state index is 0.356. The summed E-state index contributed by atoms with van der Waals surface area (Å²) >= 11 is 0. The van der Waals surface area contributed by atoms with E-state index in [0.29, 0.717) is 12.1 Å². The first-order chi connectivity index (χ1) is 8.17. The Morgan fingerprint density at radius 1 is 1.29 bits per heavy atom. The maximum absolute atomic E-state index is 4.16. The van der Waals surface area contributed by atoms with Crippen LogP contribution in [0, 0.1) is 0 Å². The molecule has 2 unspecified atom stereocenters. The van der Waals surface area contributed by atoms with Crippen LogP contribution in [0.1, 0.15) is 39.3 Å². The van der Waals surface area contributed by atoms with Gasteiger partial charge in [0.15, 0.2) is 0 Å². The Labute approximate surface area is 105 Å². The third-order valence-corrected chi connectivity index (χ3v) is 3.15. The summed E-state index contributed by atoms with van der Waals surface area (Å²) < 4.78 is 0. The zero-order valence-corrected chi connectivity index (χ0v) is 11.5. The highest BCUT2D eigenvalue weighted by Crippen LogP contribution is 2.10. The van der Waals surface area contributed by atoms with Crippen molar-refractivity contribution in [3.05, 3.63) is 30.1 Å². The molecule has 0 saturated carbocycles. The van der Waals surface area contributed by atoms with Crippen LogP contribution < -0.4 is 5.32 Å². The average molecular weight is 235 g/mol. The van der Waals surface area contributed by atoms with Gasteiger partial charge in [0, 0.05) is 31.0 Å². The van der Waals surface area contributed by atoms with Gasteiger partial charge in [-0.15, -0.1) is 0 Å². The molecule has 17 heavy (non-hydrogen) atoms. The summed E-state index contributed by atoms with van der Waals surface area (Å²) in [6.07, 6.45) is 3.75. The Morgan fingerprint density at radius 3 is 2.53 bits per heavy atom. The molecule has 1 aromatic heterocycles. The third-order valence-electron chi connectivity index (χ3n) is 3.15. The lowest BCUT2D eigenvalue weighted by Crippen LogP contribution is -2.40. The van der Waals surface area contributed by atoms with Gasteiger partial charge in [0.1, 0.15) is 0 Å². The van der Waals surface area contributed by atoms with E-state index in [0.717, 1.165) is 19.6 Å². The highest BCUT2D eigenvalue weighted by molar-refractivity contribution is 5.12. The first-order valence-electron chi connectivity index (χ1n) is 6.55. The summed E-state index contributed by atoms with van der Waals surface area (Å²) in [5.74, 6) is 0. The largest absolute Gasteiger partial charge is 0.306 e. The minimum Gasteiger partial charge on any atom is -0.306 e. The Morgan fingerprint density at radius 2 is 2.00 bits per heavy atom. The zero-order valence-electron chi connectivity index (χ0n) is 11.5. The van der Waals surface area contributed by atoms with Gasteiger partial charge < -0.3 is 10.2 Å². The number of nitrogens with zero attached hydrogens (tertiary/aromatic N) is 2. The summed E-state index contributed by atoms with van der Waals surface area (Å²) in [7, 11) is 0. The maximum Gasteiger partial charge on any atom is 0.0315 e. The first kappa shape index (κ1) is 14.1. The standard InChI is InChI=1S/C14H25N3/c1-5-17(6-2)11-12(3)16-13(4)14-8-7-9-15-10-14/h7-10,12-13,16H,5-6,11H2,1-4H3. The van der Waals surface area contributed by atoms with Gasteiger partial charge in [0.25, 0.3) is 0 Å². The first-order valence-corrected chi connectivity index (χ1v) is 6.55. The van der Waals surface area contributed by atoms with Gasteiger partial charge in [-0.1, -0.05) is 19.9 Å². The molecule has 96 valence electrons. The molecule has 0 spiro atoms. The molecule has 0 fully saturated rings. The van der Waals surface area contributed by atoms with Gasteiger partial charge in [-0.3, -0.25) is 4.98 Å². The van der Waals surface area contributed by atoms with Crippen LogP contribution in [0.15, 0.2) is 24.5 Å². The second-order valence-corrected chi connectivity index (χ2v) is 4.56. The number of aromatic nitrogens is 1. The molecule has 0 saturated heterocycles. The normalized spacial score (nSPS) is 14.9. The van der Waals surface area contributed by atoms with Crippen molar-refractivity contribution in [1.82, 2.24) is 15.2 Å². The second kappa shape index (κ2) is 7.41. The topological polar surface area (TPSA) is 28.2 Å². The van der Waals surface area contributed by atoms with Crippen LogP contribution in [0.4, 0.5) is 0 Å². The van der Waals surface area contributed by atoms with Gasteiger partial charge >= 0.3 is 0 Å². The molecule has 1 heterocycles. The van der Waals surface area contributed by atoms with Crippen LogP contribution in [0.3, 0.4) is 0 Å². The third kappa shape index (κ3) is 4.84. The van der Waals surface area contributed by atoms with Gasteiger partial charge in [0.2, 0.25) is 0 Å². The molecule has 1 N–H and O–H groups in total. The second-order valence-electron chi connectivity index (χ2n) is 4.56. The van der Waals surface area contributed by atoms with E-state index in [1.165, 1.54) is 5.56 Å². The number of nitrogens with one attached hydrogen (secondary N) is 1. The fourth-order valence-corrected chi connectivity index (χ4v) is 2.08. The van der Waals surface area contributed by atoms with E-state index in [-0.39, 0.29) is 0 Å². The SMILES string of the molecule is CCN(CC)CC(C)NC(C)c1cccnc1. The minimum atomic E-state index is 0.356. The molecule has 3 nitrogen and oxygen atoms in total. The molecular formula is C14H25N3. The van der Waals surface area contributed by atoms with E-state index in [1.807, 2.05) is 18.5 Å². The van der Waals surface area contributed by atoms with Crippen LogP contribution >= 0.6 is 0 Å². The predicted octanol–water partition coefficient (Wildman–Crippen LogP) is 2.46. The van der Waals surface area contributed by atoms with Crippen molar-refractivity contribution in [2.45, 2.75) is 39.8 Å². The van der Waals surface area contributed by atoms with Crippen LogP contribution in [0.5, 0.6) is 0 Å². The lowest BCUT2D eigenvalue weighted by atomic mass is 10.1. The summed E-state index contributed by atoms with van der Waals surface area (Å²) in [6, 6.07) is 4.96. The highest BCUT2D eigenvalue weighted by Gasteiger charge is 2.11. The quantitative estimate of drug-likeness (QED) is 0.787. The molecule has 1 rings (SSSR count). The van der Waals surface area contributed by atoms with Crippen molar-refractivity contribution in [2.75, 3.05) is 19.6 Å². The van der Waals surface area contributed by atoms with E-state index in [4.69, 9.17) is 0 Å². The Balaban J connectivity index is 2.43. The average Bonchev–Trinajstić information content (AvgIpc) is 2.37. The number of hydrogen-bond acceptors (Lipinski definition) is 3. The summed E-state index contributed by atoms with van der Waals surface area (Å²) in [6.45, 7) is 12.2. The summed E-state index contributed by atoms with van der Waals surface area (Å²) in [5.41, 5.74) is 1.25. The highest BCUT2D eigenvalue weighted by atomic mass is 15.1. The van der Waals surface area contributed by atoms with Gasteiger partial charge in [-0.25, -0.2) is 0 Å². The van der Waals surface area contributed by atoms with Crippen molar-refractivity contribution in [2.24, 2.45) is 0 Å². The van der Waals surface area contributed by atoms with Crippen LogP contribution in [-0.4, -0.2) is 35.6 Å². The number of likely N-dealkylation sites (N-methyl/N-ethyl adjacent to an activating group) is 1. The Kier molecular flexibility index (Phi) is 6.16. The van der Waals surface area contributed by atoms with Crippen molar-refractivity contribution < 1.29 is 0 Å². The maximum atomic E-state index is 4.16. The molecule has 0 aromatic carbocycles. The zero-order chi connectivity index (χ0) is 12.7. The molecule has 0 amide bonds. The van der Waals surface area contributed by atoms with E-state index in [1.54, 1.807) is 0 Å². The summed E-state index contributed by atoms with van der Waals surface area (Å²) in [4.78, 5) is 6.59. The van der Waals surface area contributed by atoms with Crippen molar-refractivity contribution >= 4 is 0 Å². The molecule has 0 aliphatic heterocycles. The fourth-order valence-electron chi connectivity index (χ4n) is 2.08. The lowest BCUT2D eigenvalue weighted by Gasteiger charge is -2.26.